The molecule has 0 aromatic heterocycles. The van der Waals surface area contributed by atoms with Gasteiger partial charge >= 0.3 is 0 Å². The number of hydrogen-bond donors (Lipinski definition) is 0. The normalized spacial score (nSPS) is 12.4. The molecule has 0 saturated carbocycles. The van der Waals surface area contributed by atoms with Crippen molar-refractivity contribution < 1.29 is 0 Å². The molecule has 0 unspecified atom stereocenters. The summed E-state index contributed by atoms with van der Waals surface area (Å²) >= 11 is 0. The van der Waals surface area contributed by atoms with Gasteiger partial charge in [-0.25, -0.2) is 0 Å². The first-order valence-corrected chi connectivity index (χ1v) is 24.2. The van der Waals surface area contributed by atoms with Gasteiger partial charge in [-0.3, -0.25) is 0 Å². The van der Waals surface area contributed by atoms with Gasteiger partial charge in [0.15, 0.2) is 0 Å². The molecular formula is C46H42Si2. The first-order chi connectivity index (χ1) is 23.1. The van der Waals surface area contributed by atoms with Crippen LogP contribution in [0.3, 0.4) is 0 Å². The molecule has 2 heteroatoms. The van der Waals surface area contributed by atoms with Crippen LogP contribution in [0.5, 0.6) is 0 Å². The van der Waals surface area contributed by atoms with Crippen molar-refractivity contribution in [3.8, 4) is 33.4 Å². The van der Waals surface area contributed by atoms with Crippen LogP contribution in [0.4, 0.5) is 0 Å². The van der Waals surface area contributed by atoms with Crippen LogP contribution in [0.2, 0.25) is 39.3 Å². The van der Waals surface area contributed by atoms with Gasteiger partial charge in [0.1, 0.15) is 0 Å². The summed E-state index contributed by atoms with van der Waals surface area (Å²) in [6.45, 7) is 14.7. The Labute approximate surface area is 286 Å². The van der Waals surface area contributed by atoms with E-state index >= 15 is 0 Å². The summed E-state index contributed by atoms with van der Waals surface area (Å²) in [4.78, 5) is 0. The van der Waals surface area contributed by atoms with Crippen molar-refractivity contribution in [2.45, 2.75) is 39.3 Å². The van der Waals surface area contributed by atoms with Crippen LogP contribution in [-0.4, -0.2) is 16.1 Å². The zero-order chi connectivity index (χ0) is 33.2. The first kappa shape index (κ1) is 30.6. The Morgan fingerprint density at radius 1 is 0.292 bits per heavy atom. The maximum atomic E-state index is 2.46. The highest BCUT2D eigenvalue weighted by atomic mass is 28.3. The summed E-state index contributed by atoms with van der Waals surface area (Å²) in [5.41, 5.74) is 7.75. The predicted octanol–water partition coefficient (Wildman–Crippen LogP) is 12.4. The van der Waals surface area contributed by atoms with Gasteiger partial charge in [-0.2, -0.15) is 0 Å². The lowest BCUT2D eigenvalue weighted by Gasteiger charge is -2.24. The molecule has 0 bridgehead atoms. The molecule has 48 heavy (non-hydrogen) atoms. The third-order valence-electron chi connectivity index (χ3n) is 10.1. The molecule has 0 spiro atoms. The van der Waals surface area contributed by atoms with Gasteiger partial charge in [-0.1, -0.05) is 189 Å². The maximum Gasteiger partial charge on any atom is 0.0784 e. The second-order valence-electron chi connectivity index (χ2n) is 15.3. The zero-order valence-corrected chi connectivity index (χ0v) is 30.9. The third-order valence-corrected chi connectivity index (χ3v) is 14.2. The van der Waals surface area contributed by atoms with Crippen molar-refractivity contribution in [1.29, 1.82) is 0 Å². The Morgan fingerprint density at radius 3 is 1.17 bits per heavy atom. The molecule has 8 rings (SSSR count). The Bertz CT molecular complexity index is 2510. The first-order valence-electron chi connectivity index (χ1n) is 17.2. The average Bonchev–Trinajstić information content (AvgIpc) is 3.09. The van der Waals surface area contributed by atoms with E-state index in [1.807, 2.05) is 0 Å². The number of hydrogen-bond acceptors (Lipinski definition) is 0. The van der Waals surface area contributed by atoms with E-state index in [0.29, 0.717) is 0 Å². The Kier molecular flexibility index (Phi) is 7.28. The molecule has 0 fully saturated rings. The lowest BCUT2D eigenvalue weighted by atomic mass is 9.83. The second-order valence-corrected chi connectivity index (χ2v) is 25.4. The van der Waals surface area contributed by atoms with E-state index in [9.17, 15) is 0 Å². The molecule has 0 nitrogen and oxygen atoms in total. The summed E-state index contributed by atoms with van der Waals surface area (Å²) in [6, 6.07) is 55.0. The van der Waals surface area contributed by atoms with Crippen molar-refractivity contribution >= 4 is 69.6 Å². The van der Waals surface area contributed by atoms with Gasteiger partial charge in [0, 0.05) is 0 Å². The molecule has 8 aromatic carbocycles. The van der Waals surface area contributed by atoms with Gasteiger partial charge in [-0.15, -0.1) is 0 Å². The largest absolute Gasteiger partial charge is 0.0784 e. The van der Waals surface area contributed by atoms with Crippen LogP contribution < -0.4 is 10.4 Å². The van der Waals surface area contributed by atoms with Crippen molar-refractivity contribution in [1.82, 2.24) is 0 Å². The van der Waals surface area contributed by atoms with Crippen molar-refractivity contribution in [2.24, 2.45) is 0 Å². The molecule has 0 heterocycles. The summed E-state index contributed by atoms with van der Waals surface area (Å²) < 4.78 is 0. The van der Waals surface area contributed by atoms with E-state index in [4.69, 9.17) is 0 Å². The van der Waals surface area contributed by atoms with E-state index in [1.54, 1.807) is 0 Å². The highest BCUT2D eigenvalue weighted by Gasteiger charge is 2.25. The van der Waals surface area contributed by atoms with Gasteiger partial charge < -0.3 is 0 Å². The number of benzene rings is 8. The van der Waals surface area contributed by atoms with Gasteiger partial charge in [0.05, 0.1) is 16.1 Å². The second kappa shape index (κ2) is 11.4. The van der Waals surface area contributed by atoms with Crippen molar-refractivity contribution in [3.63, 3.8) is 0 Å². The van der Waals surface area contributed by atoms with Crippen LogP contribution >= 0.6 is 0 Å². The molecule has 8 aromatic rings. The highest BCUT2D eigenvalue weighted by molar-refractivity contribution is 6.91. The van der Waals surface area contributed by atoms with Crippen LogP contribution in [0.15, 0.2) is 146 Å². The third kappa shape index (κ3) is 5.03. The van der Waals surface area contributed by atoms with Crippen molar-refractivity contribution in [3.05, 3.63) is 146 Å². The van der Waals surface area contributed by atoms with Crippen LogP contribution in [-0.2, 0) is 0 Å². The average molecular weight is 651 g/mol. The van der Waals surface area contributed by atoms with Crippen LogP contribution in [0.1, 0.15) is 0 Å². The predicted molar refractivity (Wildman–Crippen MR) is 219 cm³/mol. The maximum absolute atomic E-state index is 2.46. The minimum Gasteiger partial charge on any atom is -0.0656 e. The Balaban J connectivity index is 1.55. The molecule has 0 atom stereocenters. The van der Waals surface area contributed by atoms with Gasteiger partial charge in [0.2, 0.25) is 0 Å². The smallest absolute Gasteiger partial charge is 0.0656 e. The van der Waals surface area contributed by atoms with E-state index in [-0.39, 0.29) is 0 Å². The standard InChI is InChI=1S/C46H42Si2/c1-47(2,3)43-28-26-39(33-18-10-12-20-35(33)43)45-37-22-14-15-23-38(37)46(42-30-32(24-25-41(42)45)31-16-8-7-9-17-31)40-27-29-44(48(4,5)6)36-21-13-11-19-34(36)40/h7-30H,1-6H3. The van der Waals surface area contributed by atoms with Crippen LogP contribution in [0.25, 0.3) is 76.5 Å². The molecule has 0 aliphatic carbocycles. The molecule has 0 aliphatic heterocycles. The summed E-state index contributed by atoms with van der Waals surface area (Å²) in [6.07, 6.45) is 0. The molecule has 0 N–H and O–H groups in total. The monoisotopic (exact) mass is 650 g/mol. The van der Waals surface area contributed by atoms with E-state index in [2.05, 4.69) is 185 Å². The lowest BCUT2D eigenvalue weighted by Crippen LogP contribution is -2.38. The molecule has 0 amide bonds. The van der Waals surface area contributed by atoms with Gasteiger partial charge in [0.25, 0.3) is 0 Å². The molecular weight excluding hydrogens is 609 g/mol. The van der Waals surface area contributed by atoms with Gasteiger partial charge in [-0.05, 0) is 82.5 Å². The Hall–Kier alpha value is -4.77. The zero-order valence-electron chi connectivity index (χ0n) is 28.9. The number of fused-ring (bicyclic) bond motifs is 4. The minimum atomic E-state index is -1.58. The molecule has 0 radical (unpaired) electrons. The topological polar surface area (TPSA) is 0 Å². The van der Waals surface area contributed by atoms with E-state index < -0.39 is 16.1 Å². The van der Waals surface area contributed by atoms with E-state index in [1.165, 1.54) is 86.8 Å². The summed E-state index contributed by atoms with van der Waals surface area (Å²) in [5, 5.41) is 13.7. The lowest BCUT2D eigenvalue weighted by molar-refractivity contribution is 1.64. The summed E-state index contributed by atoms with van der Waals surface area (Å²) in [7, 11) is -3.15. The molecule has 234 valence electrons. The quantitative estimate of drug-likeness (QED) is 0.128. The fourth-order valence-corrected chi connectivity index (χ4v) is 11.1. The minimum absolute atomic E-state index is 1.24. The highest BCUT2D eigenvalue weighted by Crippen LogP contribution is 2.47. The molecule has 0 aliphatic rings. The Morgan fingerprint density at radius 2 is 0.688 bits per heavy atom. The fraction of sp³-hybridized carbons (Fsp3) is 0.130. The summed E-state index contributed by atoms with van der Waals surface area (Å²) in [5.74, 6) is 0. The molecule has 0 saturated heterocycles. The van der Waals surface area contributed by atoms with Crippen LogP contribution in [0, 0.1) is 0 Å². The van der Waals surface area contributed by atoms with E-state index in [0.717, 1.165) is 0 Å². The SMILES string of the molecule is C[Si](C)(C)c1ccc(-c2c3ccccc3c(-c3ccc([Si](C)(C)C)c4ccccc34)c3cc(-c4ccccc4)ccc23)c2ccccc12. The van der Waals surface area contributed by atoms with Crippen molar-refractivity contribution in [2.75, 3.05) is 0 Å². The fourth-order valence-electron chi connectivity index (χ4n) is 7.91. The number of rotatable bonds is 5.